The van der Waals surface area contributed by atoms with Gasteiger partial charge >= 0.3 is 6.09 Å². The zero-order valence-electron chi connectivity index (χ0n) is 18.9. The smallest absolute Gasteiger partial charge is 0.411 e. The van der Waals surface area contributed by atoms with Gasteiger partial charge in [-0.25, -0.2) is 14.2 Å². The number of rotatable bonds is 4. The summed E-state index contributed by atoms with van der Waals surface area (Å²) in [6, 6.07) is 3.38. The van der Waals surface area contributed by atoms with E-state index in [-0.39, 0.29) is 29.0 Å². The van der Waals surface area contributed by atoms with Crippen LogP contribution in [-0.2, 0) is 9.47 Å². The van der Waals surface area contributed by atoms with Crippen molar-refractivity contribution < 1.29 is 18.7 Å². The lowest BCUT2D eigenvalue weighted by atomic mass is 9.95. The molecule has 33 heavy (non-hydrogen) atoms. The number of nitrogens with zero attached hydrogens (tertiary/aromatic N) is 4. The minimum atomic E-state index is -0.590. The van der Waals surface area contributed by atoms with Crippen molar-refractivity contribution in [3.05, 3.63) is 27.7 Å². The summed E-state index contributed by atoms with van der Waals surface area (Å²) in [6.07, 6.45) is 3.68. The predicted octanol–water partition coefficient (Wildman–Crippen LogP) is 5.32. The number of benzene rings is 1. The first-order chi connectivity index (χ1) is 15.6. The van der Waals surface area contributed by atoms with Crippen LogP contribution >= 0.6 is 27.5 Å². The fourth-order valence-electron chi connectivity index (χ4n) is 4.92. The molecule has 3 aliphatic rings. The van der Waals surface area contributed by atoms with Crippen molar-refractivity contribution in [3.8, 4) is 0 Å². The largest absolute Gasteiger partial charge is 0.444 e. The summed E-state index contributed by atoms with van der Waals surface area (Å²) in [5.41, 5.74) is -0.969. The third kappa shape index (κ3) is 4.39. The molecule has 0 N–H and O–H groups in total. The number of ether oxygens (including phenoxy) is 2. The Bertz CT molecular complexity index is 1110. The van der Waals surface area contributed by atoms with E-state index < -0.39 is 17.0 Å². The number of piperazine rings is 1. The number of hydrogen-bond donors (Lipinski definition) is 0. The van der Waals surface area contributed by atoms with E-state index in [2.05, 4.69) is 30.8 Å². The topological polar surface area (TPSA) is 67.8 Å². The molecule has 0 spiro atoms. The lowest BCUT2D eigenvalue weighted by Gasteiger charge is -2.49. The zero-order valence-corrected chi connectivity index (χ0v) is 21.2. The van der Waals surface area contributed by atoms with Gasteiger partial charge in [0.05, 0.1) is 28.8 Å². The van der Waals surface area contributed by atoms with E-state index in [1.165, 1.54) is 0 Å². The molecule has 0 unspecified atom stereocenters. The summed E-state index contributed by atoms with van der Waals surface area (Å²) in [4.78, 5) is 25.9. The number of carbonyl (C=O) groups excluding carboxylic acids is 1. The van der Waals surface area contributed by atoms with Gasteiger partial charge in [-0.15, -0.1) is 0 Å². The number of anilines is 1. The third-order valence-electron chi connectivity index (χ3n) is 6.45. The standard InChI is InChI=1S/C23H27BrClFN4O3/c1-22(2,3)33-21(31)30-13-8-9-23(30,12-32-14-4-5-14)11-29(10-13)19-15-6-7-16(24)17(26)18(15)27-20(25)28-19/h6-7,13-14H,4-5,8-12H2,1-3H3/t13-,23+/m0/s1. The van der Waals surface area contributed by atoms with E-state index in [9.17, 15) is 9.18 Å². The highest BCUT2D eigenvalue weighted by Crippen LogP contribution is 2.44. The molecule has 5 rings (SSSR count). The second-order valence-electron chi connectivity index (χ2n) is 10.2. The summed E-state index contributed by atoms with van der Waals surface area (Å²) in [6.45, 7) is 7.09. The van der Waals surface area contributed by atoms with E-state index in [1.54, 1.807) is 12.1 Å². The average molecular weight is 542 g/mol. The van der Waals surface area contributed by atoms with Gasteiger partial charge in [0.1, 0.15) is 16.9 Å². The van der Waals surface area contributed by atoms with Gasteiger partial charge in [0.25, 0.3) is 0 Å². The molecule has 1 aliphatic carbocycles. The maximum atomic E-state index is 14.8. The molecule has 7 nitrogen and oxygen atoms in total. The summed E-state index contributed by atoms with van der Waals surface area (Å²) in [7, 11) is 0. The fourth-order valence-corrected chi connectivity index (χ4v) is 5.40. The number of fused-ring (bicyclic) bond motifs is 3. The predicted molar refractivity (Wildman–Crippen MR) is 127 cm³/mol. The molecule has 1 amide bonds. The second-order valence-corrected chi connectivity index (χ2v) is 11.4. The molecule has 10 heteroatoms. The Kier molecular flexibility index (Phi) is 5.73. The van der Waals surface area contributed by atoms with Crippen molar-refractivity contribution >= 4 is 50.3 Å². The van der Waals surface area contributed by atoms with Crippen LogP contribution in [0.4, 0.5) is 15.0 Å². The molecule has 2 atom stereocenters. The van der Waals surface area contributed by atoms with Crippen LogP contribution in [-0.4, -0.2) is 63.9 Å². The summed E-state index contributed by atoms with van der Waals surface area (Å²) in [5.74, 6) is 0.100. The van der Waals surface area contributed by atoms with Crippen LogP contribution in [0.25, 0.3) is 10.9 Å². The van der Waals surface area contributed by atoms with Gasteiger partial charge in [0.15, 0.2) is 5.82 Å². The number of amides is 1. The minimum absolute atomic E-state index is 0.0142. The summed E-state index contributed by atoms with van der Waals surface area (Å²) >= 11 is 9.43. The van der Waals surface area contributed by atoms with Crippen molar-refractivity contribution in [1.29, 1.82) is 0 Å². The highest BCUT2D eigenvalue weighted by atomic mass is 79.9. The van der Waals surface area contributed by atoms with Gasteiger partial charge in [-0.1, -0.05) is 0 Å². The van der Waals surface area contributed by atoms with Crippen LogP contribution in [0, 0.1) is 5.82 Å². The molecule has 3 heterocycles. The van der Waals surface area contributed by atoms with Crippen molar-refractivity contribution in [2.45, 2.75) is 69.7 Å². The van der Waals surface area contributed by atoms with Crippen LogP contribution in [0.2, 0.25) is 5.28 Å². The molecule has 2 aromatic rings. The zero-order chi connectivity index (χ0) is 23.5. The normalized spacial score (nSPS) is 25.1. The van der Waals surface area contributed by atoms with Crippen LogP contribution in [0.3, 0.4) is 0 Å². The minimum Gasteiger partial charge on any atom is -0.444 e. The van der Waals surface area contributed by atoms with Crippen molar-refractivity contribution in [2.24, 2.45) is 0 Å². The second kappa shape index (κ2) is 8.20. The lowest BCUT2D eigenvalue weighted by molar-refractivity contribution is -0.0365. The van der Waals surface area contributed by atoms with Crippen molar-refractivity contribution in [2.75, 3.05) is 24.6 Å². The van der Waals surface area contributed by atoms with Crippen molar-refractivity contribution in [1.82, 2.24) is 14.9 Å². The number of halogens is 3. The van der Waals surface area contributed by atoms with Crippen LogP contribution in [0.15, 0.2) is 16.6 Å². The monoisotopic (exact) mass is 540 g/mol. The Hall–Kier alpha value is -1.71. The van der Waals surface area contributed by atoms with E-state index in [0.717, 1.165) is 25.7 Å². The molecule has 2 saturated heterocycles. The molecule has 2 aliphatic heterocycles. The Morgan fingerprint density at radius 1 is 1.30 bits per heavy atom. The number of aromatic nitrogens is 2. The molecule has 2 bridgehead atoms. The Morgan fingerprint density at radius 3 is 2.76 bits per heavy atom. The summed E-state index contributed by atoms with van der Waals surface area (Å²) < 4.78 is 27.1. The highest BCUT2D eigenvalue weighted by Gasteiger charge is 2.55. The van der Waals surface area contributed by atoms with E-state index in [1.807, 2.05) is 25.7 Å². The maximum absolute atomic E-state index is 14.8. The first-order valence-electron chi connectivity index (χ1n) is 11.3. The molecule has 178 valence electrons. The lowest BCUT2D eigenvalue weighted by Crippen LogP contribution is -2.66. The molecular weight excluding hydrogens is 515 g/mol. The van der Waals surface area contributed by atoms with E-state index >= 15 is 0 Å². The molecule has 1 aromatic heterocycles. The quantitative estimate of drug-likeness (QED) is 0.488. The Morgan fingerprint density at radius 2 is 2.06 bits per heavy atom. The van der Waals surface area contributed by atoms with Gasteiger partial charge in [0, 0.05) is 18.5 Å². The highest BCUT2D eigenvalue weighted by molar-refractivity contribution is 9.10. The molecule has 1 saturated carbocycles. The first kappa shape index (κ1) is 23.1. The van der Waals surface area contributed by atoms with Crippen LogP contribution in [0.5, 0.6) is 0 Å². The van der Waals surface area contributed by atoms with Gasteiger partial charge in [0.2, 0.25) is 5.28 Å². The fraction of sp³-hybridized carbons (Fsp3) is 0.609. The van der Waals surface area contributed by atoms with E-state index in [0.29, 0.717) is 35.4 Å². The van der Waals surface area contributed by atoms with Gasteiger partial charge < -0.3 is 14.4 Å². The molecule has 0 radical (unpaired) electrons. The first-order valence-corrected chi connectivity index (χ1v) is 12.4. The third-order valence-corrected chi connectivity index (χ3v) is 7.23. The van der Waals surface area contributed by atoms with Gasteiger partial charge in [-0.05, 0) is 86.1 Å². The van der Waals surface area contributed by atoms with Crippen LogP contribution in [0.1, 0.15) is 46.5 Å². The SMILES string of the molecule is CC(C)(C)OC(=O)N1[C@H]2CC[C@]1(COC1CC1)CN(c1nc(Cl)nc3c(F)c(Br)ccc13)C2. The van der Waals surface area contributed by atoms with Crippen molar-refractivity contribution in [3.63, 3.8) is 0 Å². The summed E-state index contributed by atoms with van der Waals surface area (Å²) in [5, 5.41) is 0.572. The Labute approximate surface area is 205 Å². The maximum Gasteiger partial charge on any atom is 0.411 e. The number of hydrogen-bond acceptors (Lipinski definition) is 6. The number of carbonyl (C=O) groups is 1. The average Bonchev–Trinajstić information content (AvgIpc) is 3.52. The molecule has 3 fully saturated rings. The van der Waals surface area contributed by atoms with Gasteiger partial charge in [-0.3, -0.25) is 4.90 Å². The van der Waals surface area contributed by atoms with Gasteiger partial charge in [-0.2, -0.15) is 4.98 Å². The van der Waals surface area contributed by atoms with Crippen LogP contribution < -0.4 is 4.90 Å². The molecular formula is C23H27BrClFN4O3. The molecule has 1 aromatic carbocycles. The Balaban J connectivity index is 1.52. The van der Waals surface area contributed by atoms with E-state index in [4.69, 9.17) is 21.1 Å².